The molecule has 3 heterocycles. The minimum absolute atomic E-state index is 0.278. The number of ether oxygens (including phenoxy) is 1. The van der Waals surface area contributed by atoms with Gasteiger partial charge < -0.3 is 9.84 Å². The summed E-state index contributed by atoms with van der Waals surface area (Å²) in [6.07, 6.45) is 2.66. The van der Waals surface area contributed by atoms with Crippen molar-refractivity contribution in [3.8, 4) is 17.3 Å². The van der Waals surface area contributed by atoms with Gasteiger partial charge in [0.15, 0.2) is 5.82 Å². The van der Waals surface area contributed by atoms with Gasteiger partial charge in [-0.15, -0.1) is 5.10 Å². The van der Waals surface area contributed by atoms with Crippen LogP contribution in [0.1, 0.15) is 37.4 Å². The molecule has 2 atom stereocenters. The number of benzene rings is 2. The van der Waals surface area contributed by atoms with Crippen LogP contribution in [0.5, 0.6) is 5.75 Å². The number of fused-ring (bicyclic) bond motifs is 6. The summed E-state index contributed by atoms with van der Waals surface area (Å²) in [6, 6.07) is 17.6. The number of rotatable bonds is 5. The van der Waals surface area contributed by atoms with Gasteiger partial charge in [0.05, 0.1) is 18.3 Å². The summed E-state index contributed by atoms with van der Waals surface area (Å²) in [5.41, 5.74) is -1.56. The van der Waals surface area contributed by atoms with E-state index in [1.54, 1.807) is 24.3 Å². The largest absolute Gasteiger partial charge is 0.492 e. The van der Waals surface area contributed by atoms with Crippen LogP contribution in [0, 0.1) is 0 Å². The molecule has 1 aliphatic heterocycles. The predicted octanol–water partition coefficient (Wildman–Crippen LogP) is 1.78. The third kappa shape index (κ3) is 2.98. The van der Waals surface area contributed by atoms with Crippen molar-refractivity contribution in [1.82, 2.24) is 28.9 Å². The molecular weight excluding hydrogens is 436 g/mol. The van der Waals surface area contributed by atoms with E-state index in [9.17, 15) is 14.7 Å². The summed E-state index contributed by atoms with van der Waals surface area (Å²) < 4.78 is 11.2. The Labute approximate surface area is 194 Å². The first kappa shape index (κ1) is 20.7. The Kier molecular flexibility index (Phi) is 4.77. The van der Waals surface area contributed by atoms with Crippen molar-refractivity contribution >= 4 is 0 Å². The van der Waals surface area contributed by atoms with Crippen LogP contribution in [-0.2, 0) is 12.1 Å². The maximum Gasteiger partial charge on any atom is 0.358 e. The maximum absolute atomic E-state index is 13.6. The van der Waals surface area contributed by atoms with Crippen LogP contribution in [0.3, 0.4) is 0 Å². The monoisotopic (exact) mass is 460 g/mol. The normalized spacial score (nSPS) is 20.9. The van der Waals surface area contributed by atoms with Crippen LogP contribution >= 0.6 is 0 Å². The number of hydrogen-bond acceptors (Lipinski definition) is 6. The molecule has 1 fully saturated rings. The lowest BCUT2D eigenvalue weighted by molar-refractivity contribution is -0.0660. The van der Waals surface area contributed by atoms with Crippen molar-refractivity contribution in [2.75, 3.05) is 6.61 Å². The van der Waals surface area contributed by atoms with Gasteiger partial charge in [0, 0.05) is 0 Å². The first-order valence-corrected chi connectivity index (χ1v) is 11.5. The zero-order chi connectivity index (χ0) is 23.3. The molecule has 0 saturated heterocycles. The molecule has 34 heavy (non-hydrogen) atoms. The van der Waals surface area contributed by atoms with Crippen molar-refractivity contribution in [2.24, 2.45) is 0 Å². The van der Waals surface area contributed by atoms with Crippen LogP contribution in [0.4, 0.5) is 0 Å². The molecule has 6 rings (SSSR count). The maximum atomic E-state index is 13.6. The minimum Gasteiger partial charge on any atom is -0.492 e. The van der Waals surface area contributed by atoms with Gasteiger partial charge in [-0.1, -0.05) is 54.5 Å². The van der Waals surface area contributed by atoms with E-state index in [2.05, 4.69) is 10.3 Å². The van der Waals surface area contributed by atoms with Crippen LogP contribution in [0.25, 0.3) is 11.5 Å². The lowest BCUT2D eigenvalue weighted by atomic mass is 9.77. The van der Waals surface area contributed by atoms with Crippen molar-refractivity contribution in [2.45, 2.75) is 43.9 Å². The van der Waals surface area contributed by atoms with Gasteiger partial charge in [-0.25, -0.2) is 23.5 Å². The second-order valence-electron chi connectivity index (χ2n) is 8.72. The number of aliphatic hydroxyl groups is 1. The quantitative estimate of drug-likeness (QED) is 0.486. The molecule has 0 bridgehead atoms. The van der Waals surface area contributed by atoms with Crippen LogP contribution < -0.4 is 16.1 Å². The van der Waals surface area contributed by atoms with Gasteiger partial charge >= 0.3 is 11.4 Å². The average molecular weight is 460 g/mol. The number of para-hydroxylation sites is 2. The standard InChI is InChI=1S/C24H24N6O4/c31-22-28(17-9-3-1-4-10-17)23(32)30-21-20(24(33)14-8-7-13-19(24)29(22)30)25-26-27(21)15-16-34-18-11-5-2-6-12-18/h1-6,9-12,19,33H,7-8,13-16H2. The van der Waals surface area contributed by atoms with E-state index < -0.39 is 23.0 Å². The van der Waals surface area contributed by atoms with Gasteiger partial charge in [0.25, 0.3) is 0 Å². The van der Waals surface area contributed by atoms with E-state index >= 15 is 0 Å². The molecule has 0 radical (unpaired) electrons. The molecule has 2 unspecified atom stereocenters. The van der Waals surface area contributed by atoms with E-state index in [0.717, 1.165) is 17.4 Å². The molecule has 10 nitrogen and oxygen atoms in total. The average Bonchev–Trinajstić information content (AvgIpc) is 3.39. The van der Waals surface area contributed by atoms with E-state index in [-0.39, 0.29) is 13.2 Å². The zero-order valence-electron chi connectivity index (χ0n) is 18.4. The van der Waals surface area contributed by atoms with Crippen molar-refractivity contribution < 1.29 is 9.84 Å². The highest BCUT2D eigenvalue weighted by Crippen LogP contribution is 2.47. The summed E-state index contributed by atoms with van der Waals surface area (Å²) in [4.78, 5) is 27.2. The molecule has 0 spiro atoms. The molecule has 4 aromatic rings. The molecular formula is C24H24N6O4. The molecule has 1 saturated carbocycles. The Morgan fingerprint density at radius 1 is 1.00 bits per heavy atom. The Balaban J connectivity index is 1.49. The minimum atomic E-state index is -1.37. The summed E-state index contributed by atoms with van der Waals surface area (Å²) in [5.74, 6) is 1.03. The van der Waals surface area contributed by atoms with Crippen molar-refractivity contribution in [1.29, 1.82) is 0 Å². The predicted molar refractivity (Wildman–Crippen MR) is 123 cm³/mol. The highest BCUT2D eigenvalue weighted by molar-refractivity contribution is 5.38. The SMILES string of the molecule is O=c1n(-c2ccccc2)c(=O)n2n1-c1c(nnn1CCOc1ccccc1)C1(O)CCCCC21. The second kappa shape index (κ2) is 7.84. The van der Waals surface area contributed by atoms with Crippen LogP contribution in [0.15, 0.2) is 70.3 Å². The van der Waals surface area contributed by atoms with E-state index in [1.807, 2.05) is 36.4 Å². The summed E-state index contributed by atoms with van der Waals surface area (Å²) in [7, 11) is 0. The fourth-order valence-electron chi connectivity index (χ4n) is 5.17. The van der Waals surface area contributed by atoms with Crippen molar-refractivity contribution in [3.63, 3.8) is 0 Å². The first-order valence-electron chi connectivity index (χ1n) is 11.5. The summed E-state index contributed by atoms with van der Waals surface area (Å²) in [6.45, 7) is 0.565. The van der Waals surface area contributed by atoms with Crippen LogP contribution in [-0.4, -0.2) is 40.6 Å². The molecule has 0 amide bonds. The Morgan fingerprint density at radius 3 is 2.50 bits per heavy atom. The van der Waals surface area contributed by atoms with E-state index in [0.29, 0.717) is 35.8 Å². The smallest absolute Gasteiger partial charge is 0.358 e. The molecule has 2 aromatic heterocycles. The molecule has 2 aromatic carbocycles. The highest BCUT2D eigenvalue weighted by atomic mass is 16.5. The lowest BCUT2D eigenvalue weighted by Gasteiger charge is -2.42. The fourth-order valence-corrected chi connectivity index (χ4v) is 5.17. The number of hydrogen-bond donors (Lipinski definition) is 1. The lowest BCUT2D eigenvalue weighted by Crippen LogP contribution is -2.50. The van der Waals surface area contributed by atoms with E-state index in [1.165, 1.54) is 14.0 Å². The molecule has 174 valence electrons. The third-order valence-corrected chi connectivity index (χ3v) is 6.76. The molecule has 10 heteroatoms. The molecule has 2 aliphatic rings. The Hall–Kier alpha value is -3.92. The van der Waals surface area contributed by atoms with Gasteiger partial charge in [-0.3, -0.25) is 0 Å². The summed E-state index contributed by atoms with van der Waals surface area (Å²) in [5, 5.41) is 20.3. The first-order chi connectivity index (χ1) is 16.6. The van der Waals surface area contributed by atoms with Gasteiger partial charge in [-0.2, -0.15) is 4.68 Å². The van der Waals surface area contributed by atoms with Gasteiger partial charge in [0.2, 0.25) is 0 Å². The second-order valence-corrected chi connectivity index (χ2v) is 8.72. The number of aromatic nitrogens is 6. The molecule has 1 aliphatic carbocycles. The Bertz CT molecular complexity index is 1450. The van der Waals surface area contributed by atoms with Gasteiger partial charge in [-0.05, 0) is 37.1 Å². The molecule has 1 N–H and O–H groups in total. The number of nitrogens with zero attached hydrogens (tertiary/aromatic N) is 6. The van der Waals surface area contributed by atoms with Gasteiger partial charge in [0.1, 0.15) is 23.7 Å². The highest BCUT2D eigenvalue weighted by Gasteiger charge is 2.52. The Morgan fingerprint density at radius 2 is 1.74 bits per heavy atom. The fraction of sp³-hybridized carbons (Fsp3) is 0.333. The van der Waals surface area contributed by atoms with E-state index in [4.69, 9.17) is 4.74 Å². The topological polar surface area (TPSA) is 109 Å². The van der Waals surface area contributed by atoms with Crippen molar-refractivity contribution in [3.05, 3.63) is 87.3 Å². The van der Waals surface area contributed by atoms with Crippen LogP contribution in [0.2, 0.25) is 0 Å². The summed E-state index contributed by atoms with van der Waals surface area (Å²) >= 11 is 0. The zero-order valence-corrected chi connectivity index (χ0v) is 18.4. The third-order valence-electron chi connectivity index (χ3n) is 6.76.